The quantitative estimate of drug-likeness (QED) is 0.697. The smallest absolute Gasteiger partial charge is 0.162 e. The summed E-state index contributed by atoms with van der Waals surface area (Å²) in [6.45, 7) is 0. The molecule has 0 fully saturated rings. The van der Waals surface area contributed by atoms with Crippen molar-refractivity contribution in [2.75, 3.05) is 5.73 Å². The van der Waals surface area contributed by atoms with Gasteiger partial charge < -0.3 is 5.73 Å². The van der Waals surface area contributed by atoms with E-state index < -0.39 is 0 Å². The molecule has 0 spiro atoms. The molecule has 0 aliphatic rings. The molecule has 100 valence electrons. The third kappa shape index (κ3) is 2.40. The molecule has 1 aromatic heterocycles. The maximum absolute atomic E-state index is 6.17. The van der Waals surface area contributed by atoms with Crippen LogP contribution in [0.2, 0.25) is 15.1 Å². The first-order chi connectivity index (χ1) is 9.54. The van der Waals surface area contributed by atoms with E-state index in [2.05, 4.69) is 9.97 Å². The largest absolute Gasteiger partial charge is 0.383 e. The first-order valence-corrected chi connectivity index (χ1v) is 6.86. The van der Waals surface area contributed by atoms with Crippen LogP contribution in [-0.2, 0) is 0 Å². The molecule has 0 unspecified atom stereocenters. The van der Waals surface area contributed by atoms with Crippen LogP contribution in [0.1, 0.15) is 0 Å². The fourth-order valence-electron chi connectivity index (χ4n) is 1.91. The van der Waals surface area contributed by atoms with Crippen LogP contribution < -0.4 is 5.73 Å². The molecule has 2 aromatic carbocycles. The van der Waals surface area contributed by atoms with Crippen molar-refractivity contribution in [3.8, 4) is 11.4 Å². The van der Waals surface area contributed by atoms with Gasteiger partial charge in [-0.3, -0.25) is 0 Å². The second kappa shape index (κ2) is 5.09. The molecule has 3 rings (SSSR count). The molecule has 2 N–H and O–H groups in total. The van der Waals surface area contributed by atoms with E-state index in [9.17, 15) is 0 Å². The summed E-state index contributed by atoms with van der Waals surface area (Å²) in [7, 11) is 0. The number of halogens is 3. The van der Waals surface area contributed by atoms with Crippen LogP contribution >= 0.6 is 34.8 Å². The van der Waals surface area contributed by atoms with E-state index in [1.165, 1.54) is 0 Å². The maximum atomic E-state index is 6.17. The zero-order chi connectivity index (χ0) is 14.3. The molecule has 3 nitrogen and oxygen atoms in total. The van der Waals surface area contributed by atoms with Gasteiger partial charge in [0.15, 0.2) is 5.82 Å². The van der Waals surface area contributed by atoms with E-state index in [4.69, 9.17) is 40.5 Å². The van der Waals surface area contributed by atoms with Crippen LogP contribution in [0.15, 0.2) is 36.4 Å². The van der Waals surface area contributed by atoms with E-state index in [1.54, 1.807) is 24.3 Å². The minimum atomic E-state index is 0.337. The maximum Gasteiger partial charge on any atom is 0.162 e. The molecule has 0 bridgehead atoms. The molecule has 3 aromatic rings. The van der Waals surface area contributed by atoms with Gasteiger partial charge in [0, 0.05) is 21.0 Å². The van der Waals surface area contributed by atoms with Gasteiger partial charge in [0.1, 0.15) is 5.82 Å². The van der Waals surface area contributed by atoms with Crippen LogP contribution in [0.5, 0.6) is 0 Å². The Bertz CT molecular complexity index is 801. The molecular weight excluding hydrogens is 317 g/mol. The van der Waals surface area contributed by atoms with E-state index >= 15 is 0 Å². The Balaban J connectivity index is 2.26. The molecule has 0 aliphatic carbocycles. The third-order valence-corrected chi connectivity index (χ3v) is 3.61. The summed E-state index contributed by atoms with van der Waals surface area (Å²) >= 11 is 18.0. The summed E-state index contributed by atoms with van der Waals surface area (Å²) in [6.07, 6.45) is 0. The molecule has 20 heavy (non-hydrogen) atoms. The zero-order valence-corrected chi connectivity index (χ0v) is 12.3. The van der Waals surface area contributed by atoms with Gasteiger partial charge >= 0.3 is 0 Å². The molecule has 0 radical (unpaired) electrons. The van der Waals surface area contributed by atoms with E-state index in [0.717, 1.165) is 5.56 Å². The highest BCUT2D eigenvalue weighted by Crippen LogP contribution is 2.31. The number of benzene rings is 2. The number of fused-ring (bicyclic) bond motifs is 1. The van der Waals surface area contributed by atoms with Crippen molar-refractivity contribution in [1.29, 1.82) is 0 Å². The molecule has 0 aliphatic heterocycles. The summed E-state index contributed by atoms with van der Waals surface area (Å²) in [6, 6.07) is 10.5. The van der Waals surface area contributed by atoms with E-state index in [0.29, 0.717) is 37.6 Å². The fourth-order valence-corrected chi connectivity index (χ4v) is 2.57. The Morgan fingerprint density at radius 1 is 0.850 bits per heavy atom. The van der Waals surface area contributed by atoms with Crippen LogP contribution in [-0.4, -0.2) is 9.97 Å². The molecule has 6 heteroatoms. The summed E-state index contributed by atoms with van der Waals surface area (Å²) in [4.78, 5) is 8.74. The van der Waals surface area contributed by atoms with Gasteiger partial charge in [-0.05, 0) is 36.4 Å². The third-order valence-electron chi connectivity index (χ3n) is 2.85. The molecule has 0 amide bonds. The highest BCUT2D eigenvalue weighted by Gasteiger charge is 2.11. The predicted molar refractivity (Wildman–Crippen MR) is 84.4 cm³/mol. The van der Waals surface area contributed by atoms with E-state index in [1.807, 2.05) is 12.1 Å². The van der Waals surface area contributed by atoms with Gasteiger partial charge in [-0.25, -0.2) is 9.97 Å². The number of nitrogens with zero attached hydrogens (tertiary/aromatic N) is 2. The van der Waals surface area contributed by atoms with Gasteiger partial charge in [-0.1, -0.05) is 34.8 Å². The Morgan fingerprint density at radius 2 is 1.55 bits per heavy atom. The Hall–Kier alpha value is -1.55. The second-order valence-corrected chi connectivity index (χ2v) is 5.50. The van der Waals surface area contributed by atoms with Crippen molar-refractivity contribution < 1.29 is 0 Å². The van der Waals surface area contributed by atoms with Crippen LogP contribution in [0, 0.1) is 0 Å². The van der Waals surface area contributed by atoms with Crippen LogP contribution in [0.3, 0.4) is 0 Å². The van der Waals surface area contributed by atoms with Gasteiger partial charge in [0.25, 0.3) is 0 Å². The van der Waals surface area contributed by atoms with E-state index in [-0.39, 0.29) is 0 Å². The highest BCUT2D eigenvalue weighted by atomic mass is 35.5. The highest BCUT2D eigenvalue weighted by molar-refractivity contribution is 6.38. The normalized spacial score (nSPS) is 10.9. The number of nitrogen functional groups attached to an aromatic ring is 1. The van der Waals surface area contributed by atoms with Crippen molar-refractivity contribution in [2.45, 2.75) is 0 Å². The topological polar surface area (TPSA) is 51.8 Å². The molecule has 0 saturated heterocycles. The predicted octanol–water partition coefficient (Wildman–Crippen LogP) is 4.84. The lowest BCUT2D eigenvalue weighted by atomic mass is 10.2. The van der Waals surface area contributed by atoms with Crippen LogP contribution in [0.25, 0.3) is 22.3 Å². The van der Waals surface area contributed by atoms with Gasteiger partial charge in [-0.2, -0.15) is 0 Å². The average Bonchev–Trinajstić information content (AvgIpc) is 2.40. The summed E-state index contributed by atoms with van der Waals surface area (Å²) in [5.41, 5.74) is 7.36. The Labute approximate surface area is 130 Å². The number of anilines is 1. The molecule has 0 saturated carbocycles. The summed E-state index contributed by atoms with van der Waals surface area (Å²) in [5, 5.41) is 2.22. The first kappa shape index (κ1) is 13.4. The zero-order valence-electron chi connectivity index (χ0n) is 10.1. The minimum absolute atomic E-state index is 0.337. The summed E-state index contributed by atoms with van der Waals surface area (Å²) < 4.78 is 0. The second-order valence-electron chi connectivity index (χ2n) is 4.22. The summed E-state index contributed by atoms with van der Waals surface area (Å²) in [5.74, 6) is 0.834. The number of nitrogens with two attached hydrogens (primary N) is 1. The van der Waals surface area contributed by atoms with Crippen molar-refractivity contribution in [3.63, 3.8) is 0 Å². The standard InChI is InChI=1S/C14H8Cl3N3/c15-8-3-1-7(2-4-8)14-19-12-10(13(18)20-14)5-9(16)6-11(12)17/h1-6H,(H2,18,19,20). The number of hydrogen-bond acceptors (Lipinski definition) is 3. The lowest BCUT2D eigenvalue weighted by Crippen LogP contribution is -1.98. The Kier molecular flexibility index (Phi) is 3.42. The van der Waals surface area contributed by atoms with Crippen molar-refractivity contribution in [1.82, 2.24) is 9.97 Å². The van der Waals surface area contributed by atoms with Gasteiger partial charge in [0.05, 0.1) is 10.5 Å². The SMILES string of the molecule is Nc1nc(-c2ccc(Cl)cc2)nc2c(Cl)cc(Cl)cc12. The number of rotatable bonds is 1. The van der Waals surface area contributed by atoms with Gasteiger partial charge in [0.2, 0.25) is 0 Å². The fraction of sp³-hybridized carbons (Fsp3) is 0. The lowest BCUT2D eigenvalue weighted by molar-refractivity contribution is 1.23. The van der Waals surface area contributed by atoms with Crippen molar-refractivity contribution >= 4 is 51.5 Å². The number of aromatic nitrogens is 2. The minimum Gasteiger partial charge on any atom is -0.383 e. The first-order valence-electron chi connectivity index (χ1n) is 5.73. The van der Waals surface area contributed by atoms with Crippen molar-refractivity contribution in [2.24, 2.45) is 0 Å². The van der Waals surface area contributed by atoms with Crippen molar-refractivity contribution in [3.05, 3.63) is 51.5 Å². The molecular formula is C14H8Cl3N3. The Morgan fingerprint density at radius 3 is 2.25 bits per heavy atom. The van der Waals surface area contributed by atoms with Crippen LogP contribution in [0.4, 0.5) is 5.82 Å². The molecule has 1 heterocycles. The van der Waals surface area contributed by atoms with Gasteiger partial charge in [-0.15, -0.1) is 0 Å². The average molecular weight is 325 g/mol. The number of hydrogen-bond donors (Lipinski definition) is 1. The molecule has 0 atom stereocenters. The lowest BCUT2D eigenvalue weighted by Gasteiger charge is -2.07. The monoisotopic (exact) mass is 323 g/mol.